The molecule has 0 saturated carbocycles. The maximum absolute atomic E-state index is 6.31. The lowest BCUT2D eigenvalue weighted by Crippen LogP contribution is -2.25. The van der Waals surface area contributed by atoms with E-state index in [1.807, 2.05) is 30.5 Å². The van der Waals surface area contributed by atoms with E-state index in [0.29, 0.717) is 0 Å². The topological polar surface area (TPSA) is 51.8 Å². The van der Waals surface area contributed by atoms with E-state index in [2.05, 4.69) is 17.1 Å². The van der Waals surface area contributed by atoms with Gasteiger partial charge in [0.1, 0.15) is 0 Å². The van der Waals surface area contributed by atoms with Crippen LogP contribution in [0.4, 0.5) is 0 Å². The number of halogens is 1. The maximum Gasteiger partial charge on any atom is 0.175 e. The van der Waals surface area contributed by atoms with Crippen LogP contribution < -0.4 is 5.73 Å². The van der Waals surface area contributed by atoms with Crippen molar-refractivity contribution in [1.82, 2.24) is 10.2 Å². The lowest BCUT2D eigenvalue weighted by Gasteiger charge is -2.22. The normalized spacial score (nSPS) is 14.2. The Morgan fingerprint density at radius 3 is 2.60 bits per heavy atom. The van der Waals surface area contributed by atoms with Crippen molar-refractivity contribution in [1.29, 1.82) is 0 Å². The third-order valence-electron chi connectivity index (χ3n) is 2.86. The van der Waals surface area contributed by atoms with Gasteiger partial charge < -0.3 is 5.73 Å². The van der Waals surface area contributed by atoms with Crippen molar-refractivity contribution >= 4 is 46.5 Å². The molecule has 0 amide bonds. The smallest absolute Gasteiger partial charge is 0.175 e. The van der Waals surface area contributed by atoms with E-state index in [9.17, 15) is 0 Å². The number of nitrogens with zero attached hydrogens (tertiary/aromatic N) is 2. The first kappa shape index (κ1) is 16.1. The van der Waals surface area contributed by atoms with Crippen LogP contribution in [0, 0.1) is 0 Å². The number of benzene rings is 1. The van der Waals surface area contributed by atoms with E-state index in [4.69, 9.17) is 17.3 Å². The van der Waals surface area contributed by atoms with E-state index >= 15 is 0 Å². The van der Waals surface area contributed by atoms with Crippen LogP contribution in [0.5, 0.6) is 0 Å². The molecule has 2 rings (SSSR count). The van der Waals surface area contributed by atoms with Crippen molar-refractivity contribution in [2.24, 2.45) is 5.73 Å². The molecule has 0 bridgehead atoms. The molecule has 1 heterocycles. The summed E-state index contributed by atoms with van der Waals surface area (Å²) in [5.74, 6) is 0. The molecule has 2 aromatic rings. The van der Waals surface area contributed by atoms with Crippen LogP contribution in [-0.2, 0) is 0 Å². The van der Waals surface area contributed by atoms with Crippen molar-refractivity contribution in [3.63, 3.8) is 0 Å². The Morgan fingerprint density at radius 1 is 1.30 bits per heavy atom. The second-order valence-corrected chi connectivity index (χ2v) is 8.00. The van der Waals surface area contributed by atoms with Gasteiger partial charge in [-0.2, -0.15) is 0 Å². The summed E-state index contributed by atoms with van der Waals surface area (Å²) in [6, 6.07) is 7.89. The molecule has 2 N–H and O–H groups in total. The fraction of sp³-hybridized carbons (Fsp3) is 0.385. The van der Waals surface area contributed by atoms with Crippen molar-refractivity contribution < 1.29 is 0 Å². The number of hydrogen-bond donors (Lipinski definition) is 1. The summed E-state index contributed by atoms with van der Waals surface area (Å²) >= 11 is 11.2. The average molecular weight is 346 g/mol. The molecular weight excluding hydrogens is 330 g/mol. The molecule has 20 heavy (non-hydrogen) atoms. The van der Waals surface area contributed by atoms with Crippen LogP contribution in [0.3, 0.4) is 0 Å². The Morgan fingerprint density at radius 2 is 2.00 bits per heavy atom. The van der Waals surface area contributed by atoms with Gasteiger partial charge in [-0.3, -0.25) is 0 Å². The lowest BCUT2D eigenvalue weighted by atomic mass is 10.0. The molecule has 0 spiro atoms. The third-order valence-corrected chi connectivity index (χ3v) is 6.58. The molecule has 2 unspecified atom stereocenters. The Bertz CT molecular complexity index is 561. The van der Waals surface area contributed by atoms with E-state index in [0.717, 1.165) is 25.7 Å². The zero-order chi connectivity index (χ0) is 14.5. The predicted molar refractivity (Wildman–Crippen MR) is 90.0 cm³/mol. The zero-order valence-corrected chi connectivity index (χ0v) is 14.5. The van der Waals surface area contributed by atoms with Gasteiger partial charge in [0.2, 0.25) is 0 Å². The molecule has 0 radical (unpaired) electrons. The highest BCUT2D eigenvalue weighted by molar-refractivity contribution is 8.03. The maximum atomic E-state index is 6.31. The van der Waals surface area contributed by atoms with Crippen LogP contribution in [0.2, 0.25) is 5.02 Å². The second-order valence-electron chi connectivity index (χ2n) is 4.17. The Labute approximate surface area is 136 Å². The molecule has 0 fully saturated rings. The Balaban J connectivity index is 2.26. The van der Waals surface area contributed by atoms with Gasteiger partial charge in [0.25, 0.3) is 0 Å². The fourth-order valence-electron chi connectivity index (χ4n) is 1.74. The van der Waals surface area contributed by atoms with Gasteiger partial charge >= 0.3 is 0 Å². The predicted octanol–water partition coefficient (Wildman–Crippen LogP) is 4.48. The minimum Gasteiger partial charge on any atom is -0.326 e. The number of aromatic nitrogens is 2. The van der Waals surface area contributed by atoms with Crippen molar-refractivity contribution in [2.75, 3.05) is 6.26 Å². The van der Waals surface area contributed by atoms with Crippen LogP contribution in [-0.4, -0.2) is 22.5 Å². The number of hydrogen-bond acceptors (Lipinski definition) is 6. The van der Waals surface area contributed by atoms with Crippen LogP contribution in [0.1, 0.15) is 24.2 Å². The number of rotatable bonds is 6. The molecular formula is C13H16ClN3S3. The lowest BCUT2D eigenvalue weighted by molar-refractivity contribution is 0.634. The molecule has 1 aromatic heterocycles. The largest absolute Gasteiger partial charge is 0.326 e. The quantitative estimate of drug-likeness (QED) is 0.782. The van der Waals surface area contributed by atoms with Crippen molar-refractivity contribution in [3.8, 4) is 0 Å². The van der Waals surface area contributed by atoms with Gasteiger partial charge in [-0.25, -0.2) is 0 Å². The molecule has 1 aromatic carbocycles. The fourth-order valence-corrected chi connectivity index (χ4v) is 4.96. The monoisotopic (exact) mass is 345 g/mol. The minimum absolute atomic E-state index is 0.0292. The zero-order valence-electron chi connectivity index (χ0n) is 11.2. The molecule has 3 nitrogen and oxygen atoms in total. The summed E-state index contributed by atoms with van der Waals surface area (Å²) in [6.45, 7) is 2.09. The van der Waals surface area contributed by atoms with E-state index in [1.165, 1.54) is 0 Å². The van der Waals surface area contributed by atoms with E-state index in [1.54, 1.807) is 34.9 Å². The van der Waals surface area contributed by atoms with Gasteiger partial charge in [-0.1, -0.05) is 71.6 Å². The molecule has 7 heteroatoms. The molecule has 0 aliphatic heterocycles. The van der Waals surface area contributed by atoms with Gasteiger partial charge in [0.05, 0.1) is 5.25 Å². The van der Waals surface area contributed by atoms with Crippen molar-refractivity contribution in [3.05, 3.63) is 34.9 Å². The van der Waals surface area contributed by atoms with Gasteiger partial charge in [0.15, 0.2) is 8.68 Å². The highest BCUT2D eigenvalue weighted by atomic mass is 35.5. The van der Waals surface area contributed by atoms with E-state index in [-0.39, 0.29) is 11.3 Å². The first-order chi connectivity index (χ1) is 9.65. The molecule has 0 aliphatic carbocycles. The van der Waals surface area contributed by atoms with Gasteiger partial charge in [-0.05, 0) is 24.3 Å². The minimum atomic E-state index is 0.0292. The van der Waals surface area contributed by atoms with Crippen LogP contribution in [0.15, 0.2) is 32.9 Å². The highest BCUT2D eigenvalue weighted by Gasteiger charge is 2.23. The first-order valence-corrected chi connectivity index (χ1v) is 9.49. The number of nitrogens with two attached hydrogens (primary N) is 1. The summed E-state index contributed by atoms with van der Waals surface area (Å²) < 4.78 is 1.90. The molecule has 108 valence electrons. The first-order valence-electron chi connectivity index (χ1n) is 6.19. The molecule has 0 saturated heterocycles. The van der Waals surface area contributed by atoms with Gasteiger partial charge in [0, 0.05) is 11.1 Å². The standard InChI is InChI=1S/C13H16ClN3S3/c1-3-10(15)11(8-6-4-5-7-9(8)14)19-13-17-16-12(18-2)20-13/h4-7,10-11H,3,15H2,1-2H3. The van der Waals surface area contributed by atoms with Crippen LogP contribution >= 0.6 is 46.5 Å². The highest BCUT2D eigenvalue weighted by Crippen LogP contribution is 2.42. The van der Waals surface area contributed by atoms with Crippen LogP contribution in [0.25, 0.3) is 0 Å². The average Bonchev–Trinajstić information content (AvgIpc) is 2.92. The SMILES string of the molecule is CCC(N)C(Sc1nnc(SC)s1)c1ccccc1Cl. The summed E-state index contributed by atoms with van der Waals surface area (Å²) in [4.78, 5) is 0. The Kier molecular flexibility index (Phi) is 6.17. The summed E-state index contributed by atoms with van der Waals surface area (Å²) in [7, 11) is 0. The summed E-state index contributed by atoms with van der Waals surface area (Å²) in [5.41, 5.74) is 7.34. The third kappa shape index (κ3) is 3.89. The molecule has 2 atom stereocenters. The summed E-state index contributed by atoms with van der Waals surface area (Å²) in [6.07, 6.45) is 2.88. The summed E-state index contributed by atoms with van der Waals surface area (Å²) in [5, 5.41) is 9.18. The number of thioether (sulfide) groups is 2. The molecule has 0 aliphatic rings. The van der Waals surface area contributed by atoms with Crippen molar-refractivity contribution in [2.45, 2.75) is 33.3 Å². The second kappa shape index (κ2) is 7.66. The van der Waals surface area contributed by atoms with E-state index < -0.39 is 0 Å². The Hall–Kier alpha value is -0.270. The van der Waals surface area contributed by atoms with Gasteiger partial charge in [-0.15, -0.1) is 10.2 Å².